The summed E-state index contributed by atoms with van der Waals surface area (Å²) >= 11 is 1.55. The smallest absolute Gasteiger partial charge is 0.235 e. The van der Waals surface area contributed by atoms with E-state index in [0.717, 1.165) is 4.90 Å². The summed E-state index contributed by atoms with van der Waals surface area (Å²) < 4.78 is 0. The minimum absolute atomic E-state index is 0.374. The number of nitrogens with two attached hydrogens (primary N) is 1. The van der Waals surface area contributed by atoms with Crippen LogP contribution in [0.3, 0.4) is 0 Å². The standard InChI is InChI=1S/C20H19N3O3S/c1-27-14-9-7-12(8-10-14)16-15(11-21)20(26,13-5-3-2-4-6-13)23-19(25)17(16)18(22)24/h2-10,15-17,26H,1H3,(H2,22,24)(H,23,25)/t15-,16+,17+,20-/m1/s1. The fourth-order valence-electron chi connectivity index (χ4n) is 3.59. The number of primary amides is 1. The molecular formula is C20H19N3O3S. The lowest BCUT2D eigenvalue weighted by atomic mass is 9.67. The van der Waals surface area contributed by atoms with Gasteiger partial charge in [0.1, 0.15) is 11.8 Å². The highest BCUT2D eigenvalue weighted by Crippen LogP contribution is 2.45. The van der Waals surface area contributed by atoms with Gasteiger partial charge in [0.15, 0.2) is 5.72 Å². The van der Waals surface area contributed by atoms with Crippen LogP contribution in [0.15, 0.2) is 59.5 Å². The number of hydrogen-bond acceptors (Lipinski definition) is 5. The van der Waals surface area contributed by atoms with Gasteiger partial charge in [0.05, 0.1) is 6.07 Å². The molecule has 0 aromatic heterocycles. The molecule has 1 saturated heterocycles. The number of carbonyl (C=O) groups excluding carboxylic acids is 2. The van der Waals surface area contributed by atoms with E-state index in [-0.39, 0.29) is 0 Å². The van der Waals surface area contributed by atoms with Crippen LogP contribution in [-0.4, -0.2) is 23.2 Å². The van der Waals surface area contributed by atoms with Crippen LogP contribution in [0.2, 0.25) is 0 Å². The predicted octanol–water partition coefficient (Wildman–Crippen LogP) is 1.71. The molecule has 0 spiro atoms. The van der Waals surface area contributed by atoms with Gasteiger partial charge in [-0.3, -0.25) is 9.59 Å². The van der Waals surface area contributed by atoms with Crippen molar-refractivity contribution in [1.29, 1.82) is 5.26 Å². The van der Waals surface area contributed by atoms with E-state index in [1.54, 1.807) is 54.2 Å². The molecule has 3 rings (SSSR count). The van der Waals surface area contributed by atoms with Crippen molar-refractivity contribution >= 4 is 23.6 Å². The second kappa shape index (κ2) is 7.43. The zero-order valence-electron chi connectivity index (χ0n) is 14.6. The van der Waals surface area contributed by atoms with Crippen molar-refractivity contribution in [3.8, 4) is 6.07 Å². The number of hydrogen-bond donors (Lipinski definition) is 3. The van der Waals surface area contributed by atoms with E-state index < -0.39 is 35.3 Å². The molecule has 0 bridgehead atoms. The highest BCUT2D eigenvalue weighted by molar-refractivity contribution is 7.98. The van der Waals surface area contributed by atoms with Crippen LogP contribution < -0.4 is 11.1 Å². The average molecular weight is 381 g/mol. The first-order valence-corrected chi connectivity index (χ1v) is 9.57. The van der Waals surface area contributed by atoms with Crippen molar-refractivity contribution < 1.29 is 14.7 Å². The first-order valence-electron chi connectivity index (χ1n) is 8.35. The predicted molar refractivity (Wildman–Crippen MR) is 101 cm³/mol. The number of rotatable bonds is 4. The number of nitriles is 1. The van der Waals surface area contributed by atoms with Gasteiger partial charge in [0, 0.05) is 16.4 Å². The largest absolute Gasteiger partial charge is 0.369 e. The normalized spacial score (nSPS) is 27.4. The minimum atomic E-state index is -1.93. The van der Waals surface area contributed by atoms with Crippen LogP contribution >= 0.6 is 11.8 Å². The highest BCUT2D eigenvalue weighted by atomic mass is 32.2. The molecule has 1 aliphatic heterocycles. The van der Waals surface area contributed by atoms with Crippen molar-refractivity contribution in [3.05, 3.63) is 65.7 Å². The maximum atomic E-state index is 12.7. The summed E-state index contributed by atoms with van der Waals surface area (Å²) in [5.74, 6) is -4.75. The van der Waals surface area contributed by atoms with Gasteiger partial charge < -0.3 is 16.2 Å². The lowest BCUT2D eigenvalue weighted by molar-refractivity contribution is -0.153. The van der Waals surface area contributed by atoms with E-state index >= 15 is 0 Å². The third-order valence-electron chi connectivity index (χ3n) is 4.92. The van der Waals surface area contributed by atoms with E-state index in [4.69, 9.17) is 5.73 Å². The van der Waals surface area contributed by atoms with Crippen molar-refractivity contribution in [2.75, 3.05) is 6.26 Å². The minimum Gasteiger partial charge on any atom is -0.369 e. The molecule has 1 aliphatic rings. The van der Waals surface area contributed by atoms with E-state index in [0.29, 0.717) is 11.1 Å². The Labute approximate surface area is 161 Å². The molecule has 6 nitrogen and oxygen atoms in total. The summed E-state index contributed by atoms with van der Waals surface area (Å²) in [5.41, 5.74) is 4.54. The molecule has 0 radical (unpaired) electrons. The summed E-state index contributed by atoms with van der Waals surface area (Å²) in [5, 5.41) is 23.6. The Morgan fingerprint density at radius 2 is 1.85 bits per heavy atom. The van der Waals surface area contributed by atoms with Crippen LogP contribution in [0.25, 0.3) is 0 Å². The number of nitrogens with zero attached hydrogens (tertiary/aromatic N) is 1. The van der Waals surface area contributed by atoms with Crippen LogP contribution in [0.4, 0.5) is 0 Å². The van der Waals surface area contributed by atoms with E-state index in [2.05, 4.69) is 11.4 Å². The average Bonchev–Trinajstić information content (AvgIpc) is 2.68. The van der Waals surface area contributed by atoms with E-state index in [1.807, 2.05) is 18.4 Å². The van der Waals surface area contributed by atoms with Crippen molar-refractivity contribution in [1.82, 2.24) is 5.32 Å². The fourth-order valence-corrected chi connectivity index (χ4v) is 4.00. The Morgan fingerprint density at radius 1 is 1.22 bits per heavy atom. The number of benzene rings is 2. The van der Waals surface area contributed by atoms with Gasteiger partial charge in [-0.15, -0.1) is 11.8 Å². The summed E-state index contributed by atoms with van der Waals surface area (Å²) in [6.45, 7) is 0. The van der Waals surface area contributed by atoms with E-state index in [1.165, 1.54) is 0 Å². The molecule has 0 unspecified atom stereocenters. The molecule has 2 amide bonds. The molecule has 27 heavy (non-hydrogen) atoms. The Balaban J connectivity index is 2.16. The number of amides is 2. The zero-order chi connectivity index (χ0) is 19.6. The molecule has 2 aromatic rings. The number of piperidine rings is 1. The molecule has 4 atom stereocenters. The topological polar surface area (TPSA) is 116 Å². The highest BCUT2D eigenvalue weighted by Gasteiger charge is 2.55. The van der Waals surface area contributed by atoms with Gasteiger partial charge in [-0.1, -0.05) is 42.5 Å². The molecule has 4 N–H and O–H groups in total. The van der Waals surface area contributed by atoms with E-state index in [9.17, 15) is 20.0 Å². The van der Waals surface area contributed by atoms with Crippen molar-refractivity contribution in [2.45, 2.75) is 16.5 Å². The van der Waals surface area contributed by atoms with Gasteiger partial charge in [-0.2, -0.15) is 5.26 Å². The molecular weight excluding hydrogens is 362 g/mol. The van der Waals surface area contributed by atoms with Gasteiger partial charge in [-0.25, -0.2) is 0 Å². The van der Waals surface area contributed by atoms with Crippen LogP contribution in [0, 0.1) is 23.2 Å². The Morgan fingerprint density at radius 3 is 2.37 bits per heavy atom. The molecule has 0 aliphatic carbocycles. The third-order valence-corrected chi connectivity index (χ3v) is 5.67. The van der Waals surface area contributed by atoms with Gasteiger partial charge in [0.25, 0.3) is 0 Å². The van der Waals surface area contributed by atoms with Gasteiger partial charge in [-0.05, 0) is 24.0 Å². The number of aliphatic hydroxyl groups is 1. The fraction of sp³-hybridized carbons (Fsp3) is 0.250. The lowest BCUT2D eigenvalue weighted by Crippen LogP contribution is -2.62. The number of thioether (sulfide) groups is 1. The second-order valence-corrected chi connectivity index (χ2v) is 7.29. The molecule has 1 fully saturated rings. The van der Waals surface area contributed by atoms with Gasteiger partial charge >= 0.3 is 0 Å². The zero-order valence-corrected chi connectivity index (χ0v) is 15.4. The second-order valence-electron chi connectivity index (χ2n) is 6.41. The molecule has 138 valence electrons. The van der Waals surface area contributed by atoms with Crippen molar-refractivity contribution in [3.63, 3.8) is 0 Å². The first kappa shape index (κ1) is 19.0. The quantitative estimate of drug-likeness (QED) is 0.551. The molecule has 0 saturated carbocycles. The maximum Gasteiger partial charge on any atom is 0.235 e. The van der Waals surface area contributed by atoms with Crippen LogP contribution in [0.5, 0.6) is 0 Å². The monoisotopic (exact) mass is 381 g/mol. The Kier molecular flexibility index (Phi) is 5.22. The summed E-state index contributed by atoms with van der Waals surface area (Å²) in [4.78, 5) is 25.8. The third kappa shape index (κ3) is 3.29. The molecule has 1 heterocycles. The summed E-state index contributed by atoms with van der Waals surface area (Å²) in [6.07, 6.45) is 1.93. The molecule has 2 aromatic carbocycles. The van der Waals surface area contributed by atoms with Crippen molar-refractivity contribution in [2.24, 2.45) is 17.6 Å². The summed E-state index contributed by atoms with van der Waals surface area (Å²) in [6, 6.07) is 17.8. The Hall–Kier alpha value is -2.82. The van der Waals surface area contributed by atoms with Crippen LogP contribution in [0.1, 0.15) is 17.0 Å². The first-order chi connectivity index (χ1) is 12.9. The van der Waals surface area contributed by atoms with Gasteiger partial charge in [0.2, 0.25) is 11.8 Å². The molecule has 7 heteroatoms. The lowest BCUT2D eigenvalue weighted by Gasteiger charge is -2.44. The summed E-state index contributed by atoms with van der Waals surface area (Å²) in [7, 11) is 0. The Bertz CT molecular complexity index is 895. The number of carbonyl (C=O) groups is 2. The van der Waals surface area contributed by atoms with Crippen LogP contribution in [-0.2, 0) is 15.3 Å². The number of nitrogens with one attached hydrogen (secondary N) is 1. The maximum absolute atomic E-state index is 12.7. The SMILES string of the molecule is CSc1ccc([C@@H]2[C@@H](C(N)=O)C(=O)N[C@@](O)(c3ccccc3)[C@@H]2C#N)cc1.